The zero-order valence-corrected chi connectivity index (χ0v) is 8.90. The smallest absolute Gasteiger partial charge is 0.0809 e. The van der Waals surface area contributed by atoms with Crippen molar-refractivity contribution in [1.29, 1.82) is 0 Å². The summed E-state index contributed by atoms with van der Waals surface area (Å²) in [7, 11) is 2.16. The predicted molar refractivity (Wildman–Crippen MR) is 56.1 cm³/mol. The van der Waals surface area contributed by atoms with Crippen LogP contribution in [0.3, 0.4) is 0 Å². The fraction of sp³-hybridized carbons (Fsp3) is 0.700. The Kier molecular flexibility index (Phi) is 2.84. The highest BCUT2D eigenvalue weighted by atomic mass is 15.3. The Labute approximate surface area is 84.9 Å². The fourth-order valence-electron chi connectivity index (χ4n) is 1.87. The number of nitrogens with zero attached hydrogens (tertiary/aromatic N) is 3. The summed E-state index contributed by atoms with van der Waals surface area (Å²) in [6.07, 6.45) is 2.05. The van der Waals surface area contributed by atoms with Crippen LogP contribution >= 0.6 is 0 Å². The lowest BCUT2D eigenvalue weighted by atomic mass is 10.1. The zero-order valence-electron chi connectivity index (χ0n) is 8.90. The maximum absolute atomic E-state index is 4.54. The Balaban J connectivity index is 2.12. The fourth-order valence-corrected chi connectivity index (χ4v) is 1.87. The van der Waals surface area contributed by atoms with Crippen molar-refractivity contribution >= 4 is 0 Å². The summed E-state index contributed by atoms with van der Waals surface area (Å²) >= 11 is 0. The summed E-state index contributed by atoms with van der Waals surface area (Å²) in [5, 5.41) is 7.94. The highest BCUT2D eigenvalue weighted by molar-refractivity contribution is 5.07. The summed E-state index contributed by atoms with van der Waals surface area (Å²) in [5.41, 5.74) is 1.18. The summed E-state index contributed by atoms with van der Waals surface area (Å²) in [5.74, 6) is 0. The van der Waals surface area contributed by atoms with E-state index in [-0.39, 0.29) is 0 Å². The van der Waals surface area contributed by atoms with E-state index in [0.717, 1.165) is 26.2 Å². The number of likely N-dealkylation sites (N-methyl/N-ethyl adjacent to an activating group) is 1. The van der Waals surface area contributed by atoms with Crippen LogP contribution in [0.15, 0.2) is 12.3 Å². The van der Waals surface area contributed by atoms with E-state index in [0.29, 0.717) is 6.04 Å². The maximum atomic E-state index is 4.54. The van der Waals surface area contributed by atoms with Crippen LogP contribution in [0.2, 0.25) is 0 Å². The lowest BCUT2D eigenvalue weighted by Gasteiger charge is -2.31. The number of aryl methyl sites for hydroxylation is 1. The van der Waals surface area contributed by atoms with Crippen molar-refractivity contribution < 1.29 is 0 Å². The normalized spacial score (nSPS) is 24.0. The molecule has 4 heteroatoms. The van der Waals surface area contributed by atoms with E-state index >= 15 is 0 Å². The molecule has 1 aliphatic rings. The van der Waals surface area contributed by atoms with Crippen molar-refractivity contribution in [2.75, 3.05) is 26.7 Å². The molecule has 0 aromatic carbocycles. The maximum Gasteiger partial charge on any atom is 0.0809 e. The van der Waals surface area contributed by atoms with E-state index in [1.807, 2.05) is 4.68 Å². The standard InChI is InChI=1S/C10H18N4/c1-3-14-6-4-9(12-14)10-8-11-5-7-13(10)2/h4,6,10-11H,3,5,7-8H2,1-2H3. The SMILES string of the molecule is CCn1ccc(C2CNCCN2C)n1. The molecular formula is C10H18N4. The highest BCUT2D eigenvalue weighted by Gasteiger charge is 2.21. The van der Waals surface area contributed by atoms with Gasteiger partial charge in [-0.1, -0.05) is 0 Å². The van der Waals surface area contributed by atoms with Crippen LogP contribution in [0.4, 0.5) is 0 Å². The van der Waals surface area contributed by atoms with Gasteiger partial charge in [0.2, 0.25) is 0 Å². The summed E-state index contributed by atoms with van der Waals surface area (Å²) in [4.78, 5) is 2.36. The van der Waals surface area contributed by atoms with Gasteiger partial charge in [-0.25, -0.2) is 0 Å². The van der Waals surface area contributed by atoms with Gasteiger partial charge in [-0.05, 0) is 20.0 Å². The first kappa shape index (κ1) is 9.68. The Hall–Kier alpha value is -0.870. The summed E-state index contributed by atoms with van der Waals surface area (Å²) in [6, 6.07) is 2.56. The third-order valence-electron chi connectivity index (χ3n) is 2.84. The van der Waals surface area contributed by atoms with Crippen LogP contribution in [0.25, 0.3) is 0 Å². The van der Waals surface area contributed by atoms with Crippen molar-refractivity contribution in [3.05, 3.63) is 18.0 Å². The van der Waals surface area contributed by atoms with Crippen LogP contribution in [0.1, 0.15) is 18.7 Å². The van der Waals surface area contributed by atoms with Gasteiger partial charge < -0.3 is 5.32 Å². The number of hydrogen-bond donors (Lipinski definition) is 1. The molecule has 0 radical (unpaired) electrons. The first-order valence-corrected chi connectivity index (χ1v) is 5.25. The number of aromatic nitrogens is 2. The van der Waals surface area contributed by atoms with Gasteiger partial charge >= 0.3 is 0 Å². The van der Waals surface area contributed by atoms with Crippen molar-refractivity contribution in [1.82, 2.24) is 20.0 Å². The van der Waals surface area contributed by atoms with Crippen molar-refractivity contribution in [2.45, 2.75) is 19.5 Å². The molecule has 1 aromatic rings. The minimum atomic E-state index is 0.441. The zero-order chi connectivity index (χ0) is 9.97. The molecule has 1 unspecified atom stereocenters. The van der Waals surface area contributed by atoms with Gasteiger partial charge in [0.1, 0.15) is 0 Å². The molecule has 1 N–H and O–H groups in total. The Morgan fingerprint density at radius 3 is 3.14 bits per heavy atom. The second-order valence-electron chi connectivity index (χ2n) is 3.80. The lowest BCUT2D eigenvalue weighted by molar-refractivity contribution is 0.197. The van der Waals surface area contributed by atoms with Crippen LogP contribution in [0.5, 0.6) is 0 Å². The Morgan fingerprint density at radius 2 is 2.50 bits per heavy atom. The minimum absolute atomic E-state index is 0.441. The molecule has 0 spiro atoms. The molecule has 1 fully saturated rings. The van der Waals surface area contributed by atoms with E-state index < -0.39 is 0 Å². The first-order chi connectivity index (χ1) is 6.81. The molecular weight excluding hydrogens is 176 g/mol. The van der Waals surface area contributed by atoms with E-state index in [1.54, 1.807) is 0 Å². The van der Waals surface area contributed by atoms with Gasteiger partial charge in [0.05, 0.1) is 11.7 Å². The summed E-state index contributed by atoms with van der Waals surface area (Å²) < 4.78 is 1.98. The number of rotatable bonds is 2. The number of hydrogen-bond acceptors (Lipinski definition) is 3. The molecule has 0 amide bonds. The molecule has 2 heterocycles. The minimum Gasteiger partial charge on any atom is -0.313 e. The van der Waals surface area contributed by atoms with Crippen LogP contribution in [-0.2, 0) is 6.54 Å². The lowest BCUT2D eigenvalue weighted by Crippen LogP contribution is -2.44. The van der Waals surface area contributed by atoms with Gasteiger partial charge in [0.15, 0.2) is 0 Å². The average molecular weight is 194 g/mol. The van der Waals surface area contributed by atoms with E-state index in [9.17, 15) is 0 Å². The molecule has 0 bridgehead atoms. The molecule has 2 rings (SSSR count). The third-order valence-corrected chi connectivity index (χ3v) is 2.84. The van der Waals surface area contributed by atoms with Crippen molar-refractivity contribution in [3.8, 4) is 0 Å². The molecule has 1 saturated heterocycles. The second kappa shape index (κ2) is 4.11. The first-order valence-electron chi connectivity index (χ1n) is 5.25. The van der Waals surface area contributed by atoms with E-state index in [1.165, 1.54) is 5.69 Å². The van der Waals surface area contributed by atoms with E-state index in [2.05, 4.69) is 41.5 Å². The highest BCUT2D eigenvalue weighted by Crippen LogP contribution is 2.18. The Morgan fingerprint density at radius 1 is 1.64 bits per heavy atom. The van der Waals surface area contributed by atoms with Crippen LogP contribution in [0, 0.1) is 0 Å². The topological polar surface area (TPSA) is 33.1 Å². The molecule has 0 saturated carbocycles. The predicted octanol–water partition coefficient (Wildman–Crippen LogP) is 0.479. The molecule has 78 valence electrons. The molecule has 14 heavy (non-hydrogen) atoms. The van der Waals surface area contributed by atoms with Gasteiger partial charge in [0.25, 0.3) is 0 Å². The molecule has 0 aliphatic carbocycles. The van der Waals surface area contributed by atoms with Crippen molar-refractivity contribution in [2.24, 2.45) is 0 Å². The molecule has 1 aliphatic heterocycles. The second-order valence-corrected chi connectivity index (χ2v) is 3.80. The molecule has 1 aromatic heterocycles. The molecule has 1 atom stereocenters. The largest absolute Gasteiger partial charge is 0.313 e. The molecule has 4 nitrogen and oxygen atoms in total. The summed E-state index contributed by atoms with van der Waals surface area (Å²) in [6.45, 7) is 6.26. The van der Waals surface area contributed by atoms with Crippen molar-refractivity contribution in [3.63, 3.8) is 0 Å². The van der Waals surface area contributed by atoms with Gasteiger partial charge in [-0.3, -0.25) is 9.58 Å². The number of nitrogens with one attached hydrogen (secondary N) is 1. The van der Waals surface area contributed by atoms with Gasteiger partial charge in [-0.2, -0.15) is 5.10 Å². The van der Waals surface area contributed by atoms with E-state index in [4.69, 9.17) is 0 Å². The van der Waals surface area contributed by atoms with Crippen LogP contribution in [-0.4, -0.2) is 41.4 Å². The Bertz CT molecular complexity index is 294. The third kappa shape index (κ3) is 1.81. The number of piperazine rings is 1. The quantitative estimate of drug-likeness (QED) is 0.743. The van der Waals surface area contributed by atoms with Gasteiger partial charge in [0, 0.05) is 32.4 Å². The van der Waals surface area contributed by atoms with Crippen LogP contribution < -0.4 is 5.32 Å². The average Bonchev–Trinajstić information content (AvgIpc) is 2.67. The monoisotopic (exact) mass is 194 g/mol. The van der Waals surface area contributed by atoms with Gasteiger partial charge in [-0.15, -0.1) is 0 Å².